The highest BCUT2D eigenvalue weighted by molar-refractivity contribution is 7.99. The van der Waals surface area contributed by atoms with Crippen molar-refractivity contribution in [3.05, 3.63) is 65.1 Å². The number of rotatable bonds is 6. The van der Waals surface area contributed by atoms with Gasteiger partial charge in [-0.25, -0.2) is 4.98 Å². The third-order valence-corrected chi connectivity index (χ3v) is 6.81. The van der Waals surface area contributed by atoms with E-state index in [1.54, 1.807) is 22.8 Å². The second-order valence-corrected chi connectivity index (χ2v) is 9.23. The Kier molecular flexibility index (Phi) is 5.26. The first-order valence-corrected chi connectivity index (χ1v) is 12.2. The minimum Gasteiger partial charge on any atom is -0.486 e. The zero-order chi connectivity index (χ0) is 23.1. The van der Waals surface area contributed by atoms with Crippen LogP contribution in [-0.2, 0) is 4.79 Å². The number of nitrogens with zero attached hydrogens (tertiary/aromatic N) is 2. The average Bonchev–Trinajstić information content (AvgIpc) is 3.61. The van der Waals surface area contributed by atoms with E-state index < -0.39 is 0 Å². The second-order valence-electron chi connectivity index (χ2n) is 8.29. The van der Waals surface area contributed by atoms with Gasteiger partial charge in [0.2, 0.25) is 5.91 Å². The first kappa shape index (κ1) is 20.9. The summed E-state index contributed by atoms with van der Waals surface area (Å²) in [6.07, 6.45) is 3.71. The summed E-state index contributed by atoms with van der Waals surface area (Å²) in [5.41, 5.74) is 3.52. The molecular formula is C25H22N4O4S. The summed E-state index contributed by atoms with van der Waals surface area (Å²) < 4.78 is 12.8. The fourth-order valence-electron chi connectivity index (χ4n) is 4.09. The molecule has 1 aliphatic heterocycles. The van der Waals surface area contributed by atoms with E-state index in [1.165, 1.54) is 11.8 Å². The monoisotopic (exact) mass is 474 g/mol. The maximum atomic E-state index is 13.3. The van der Waals surface area contributed by atoms with Gasteiger partial charge in [-0.3, -0.25) is 14.2 Å². The number of thioether (sulfide) groups is 1. The van der Waals surface area contributed by atoms with Crippen molar-refractivity contribution in [1.29, 1.82) is 0 Å². The highest BCUT2D eigenvalue weighted by Crippen LogP contribution is 2.38. The number of hydrogen-bond donors (Lipinski definition) is 2. The minimum atomic E-state index is -0.185. The number of amides is 1. The zero-order valence-corrected chi connectivity index (χ0v) is 19.1. The van der Waals surface area contributed by atoms with Crippen LogP contribution in [0.5, 0.6) is 11.5 Å². The van der Waals surface area contributed by atoms with Gasteiger partial charge in [-0.15, -0.1) is 0 Å². The molecule has 1 amide bonds. The van der Waals surface area contributed by atoms with Crippen LogP contribution in [0.2, 0.25) is 0 Å². The van der Waals surface area contributed by atoms with Crippen molar-refractivity contribution >= 4 is 34.4 Å². The number of nitrogens with one attached hydrogen (secondary N) is 2. The van der Waals surface area contributed by atoms with E-state index in [0.29, 0.717) is 46.6 Å². The van der Waals surface area contributed by atoms with Crippen molar-refractivity contribution in [3.8, 4) is 22.6 Å². The molecule has 1 aliphatic carbocycles. The van der Waals surface area contributed by atoms with Crippen molar-refractivity contribution in [2.75, 3.05) is 24.3 Å². The van der Waals surface area contributed by atoms with Gasteiger partial charge in [0.25, 0.3) is 5.56 Å². The standard InChI is InChI=1S/C25H22N4O4S/c30-21(27-16-6-9-19-20(12-16)33-11-10-32-19)14-34-25-28-22-18(15-4-2-1-3-5-15)13-26-23(22)24(31)29(25)17-7-8-17/h1-6,9,12-13,17,26H,7-8,10-11,14H2,(H,27,30). The molecule has 0 unspecified atom stereocenters. The molecule has 1 saturated carbocycles. The van der Waals surface area contributed by atoms with Gasteiger partial charge in [0.15, 0.2) is 16.7 Å². The molecule has 2 aromatic carbocycles. The van der Waals surface area contributed by atoms with Gasteiger partial charge in [0, 0.05) is 29.6 Å². The number of carbonyl (C=O) groups excluding carboxylic acids is 1. The Morgan fingerprint density at radius 2 is 1.91 bits per heavy atom. The first-order chi connectivity index (χ1) is 16.7. The number of fused-ring (bicyclic) bond motifs is 2. The largest absolute Gasteiger partial charge is 0.486 e. The minimum absolute atomic E-state index is 0.0931. The molecule has 8 nitrogen and oxygen atoms in total. The molecule has 2 N–H and O–H groups in total. The molecule has 6 rings (SSSR count). The predicted octanol–water partition coefficient (Wildman–Crippen LogP) is 4.23. The number of hydrogen-bond acceptors (Lipinski definition) is 6. The zero-order valence-electron chi connectivity index (χ0n) is 18.2. The molecule has 4 aromatic rings. The van der Waals surface area contributed by atoms with E-state index in [9.17, 15) is 9.59 Å². The lowest BCUT2D eigenvalue weighted by Gasteiger charge is -2.19. The molecule has 172 valence electrons. The smallest absolute Gasteiger partial charge is 0.278 e. The summed E-state index contributed by atoms with van der Waals surface area (Å²) in [5, 5.41) is 3.46. The van der Waals surface area contributed by atoms with E-state index in [1.807, 2.05) is 36.5 Å². The third kappa shape index (κ3) is 3.92. The molecule has 3 heterocycles. The summed E-state index contributed by atoms with van der Waals surface area (Å²) >= 11 is 1.28. The summed E-state index contributed by atoms with van der Waals surface area (Å²) in [6, 6.07) is 15.3. The van der Waals surface area contributed by atoms with Gasteiger partial charge in [-0.05, 0) is 30.5 Å². The van der Waals surface area contributed by atoms with Crippen molar-refractivity contribution in [3.63, 3.8) is 0 Å². The molecule has 0 spiro atoms. The van der Waals surface area contributed by atoms with Gasteiger partial charge in [0.1, 0.15) is 24.2 Å². The van der Waals surface area contributed by atoms with Crippen LogP contribution in [0.25, 0.3) is 22.2 Å². The van der Waals surface area contributed by atoms with Crippen molar-refractivity contribution in [2.24, 2.45) is 0 Å². The third-order valence-electron chi connectivity index (χ3n) is 5.85. The number of aromatic amines is 1. The second kappa shape index (κ2) is 8.57. The molecule has 0 saturated heterocycles. The quantitative estimate of drug-likeness (QED) is 0.321. The van der Waals surface area contributed by atoms with Crippen LogP contribution in [0.1, 0.15) is 18.9 Å². The van der Waals surface area contributed by atoms with Gasteiger partial charge < -0.3 is 19.8 Å². The van der Waals surface area contributed by atoms with Gasteiger partial charge >= 0.3 is 0 Å². The summed E-state index contributed by atoms with van der Waals surface area (Å²) in [7, 11) is 0. The van der Waals surface area contributed by atoms with Crippen LogP contribution in [0.3, 0.4) is 0 Å². The van der Waals surface area contributed by atoms with Crippen molar-refractivity contribution in [2.45, 2.75) is 24.0 Å². The lowest BCUT2D eigenvalue weighted by Crippen LogP contribution is -2.23. The molecule has 2 aromatic heterocycles. The van der Waals surface area contributed by atoms with Crippen molar-refractivity contribution < 1.29 is 14.3 Å². The van der Waals surface area contributed by atoms with Gasteiger partial charge in [-0.1, -0.05) is 42.1 Å². The summed E-state index contributed by atoms with van der Waals surface area (Å²) in [6.45, 7) is 1.000. The van der Waals surface area contributed by atoms with Crippen LogP contribution >= 0.6 is 11.8 Å². The Bertz CT molecular complexity index is 1440. The Hall–Kier alpha value is -3.72. The van der Waals surface area contributed by atoms with Crippen LogP contribution in [0.4, 0.5) is 5.69 Å². The predicted molar refractivity (Wildman–Crippen MR) is 131 cm³/mol. The number of H-pyrrole nitrogens is 1. The van der Waals surface area contributed by atoms with E-state index in [0.717, 1.165) is 24.0 Å². The van der Waals surface area contributed by atoms with Crippen LogP contribution in [0.15, 0.2) is 64.7 Å². The highest BCUT2D eigenvalue weighted by Gasteiger charge is 2.30. The van der Waals surface area contributed by atoms with Crippen LogP contribution < -0.4 is 20.3 Å². The lowest BCUT2D eigenvalue weighted by molar-refractivity contribution is -0.113. The number of aromatic nitrogens is 3. The Labute approximate surface area is 199 Å². The first-order valence-electron chi connectivity index (χ1n) is 11.2. The average molecular weight is 475 g/mol. The van der Waals surface area contributed by atoms with Gasteiger partial charge in [-0.2, -0.15) is 0 Å². The number of benzene rings is 2. The Balaban J connectivity index is 1.26. The summed E-state index contributed by atoms with van der Waals surface area (Å²) in [5.74, 6) is 1.23. The highest BCUT2D eigenvalue weighted by atomic mass is 32.2. The molecule has 0 radical (unpaired) electrons. The number of ether oxygens (including phenoxy) is 2. The van der Waals surface area contributed by atoms with Crippen molar-refractivity contribution in [1.82, 2.24) is 14.5 Å². The molecule has 0 atom stereocenters. The molecule has 0 bridgehead atoms. The van der Waals surface area contributed by atoms with E-state index in [2.05, 4.69) is 10.3 Å². The molecule has 1 fully saturated rings. The van der Waals surface area contributed by atoms with Crippen LogP contribution in [0, 0.1) is 0 Å². The normalized spacial score (nSPS) is 14.8. The molecule has 2 aliphatic rings. The summed E-state index contributed by atoms with van der Waals surface area (Å²) in [4.78, 5) is 34.0. The fraction of sp³-hybridized carbons (Fsp3) is 0.240. The maximum absolute atomic E-state index is 13.3. The van der Waals surface area contributed by atoms with E-state index in [-0.39, 0.29) is 23.3 Å². The van der Waals surface area contributed by atoms with Crippen LogP contribution in [-0.4, -0.2) is 39.4 Å². The Morgan fingerprint density at radius 3 is 2.71 bits per heavy atom. The number of carbonyl (C=O) groups is 1. The molecular weight excluding hydrogens is 452 g/mol. The Morgan fingerprint density at radius 1 is 1.12 bits per heavy atom. The lowest BCUT2D eigenvalue weighted by atomic mass is 10.1. The number of anilines is 1. The van der Waals surface area contributed by atoms with E-state index >= 15 is 0 Å². The fourth-order valence-corrected chi connectivity index (χ4v) is 4.95. The van der Waals surface area contributed by atoms with Gasteiger partial charge in [0.05, 0.1) is 5.75 Å². The maximum Gasteiger partial charge on any atom is 0.278 e. The topological polar surface area (TPSA) is 98.2 Å². The molecule has 9 heteroatoms. The van der Waals surface area contributed by atoms with E-state index in [4.69, 9.17) is 14.5 Å². The SMILES string of the molecule is O=C(CSc1nc2c(-c3ccccc3)c[nH]c2c(=O)n1C1CC1)Nc1ccc2c(c1)OCCO2. The molecule has 34 heavy (non-hydrogen) atoms.